The van der Waals surface area contributed by atoms with Crippen LogP contribution in [-0.2, 0) is 6.18 Å². The van der Waals surface area contributed by atoms with Crippen molar-refractivity contribution >= 4 is 23.1 Å². The number of benzene rings is 2. The van der Waals surface area contributed by atoms with E-state index in [1.807, 2.05) is 43.0 Å². The second-order valence-electron chi connectivity index (χ2n) is 7.82. The van der Waals surface area contributed by atoms with Gasteiger partial charge in [0.15, 0.2) is 0 Å². The molecule has 1 atom stereocenters. The van der Waals surface area contributed by atoms with E-state index in [0.717, 1.165) is 5.69 Å². The zero-order valence-corrected chi connectivity index (χ0v) is 18.3. The fourth-order valence-electron chi connectivity index (χ4n) is 3.64. The molecule has 0 saturated carbocycles. The SMILES string of the molecule is CC(C)N1CCC(Nc2ccc(Oc3ccc(Cl)cc3)cc2)c2cnc(C(F)(F)F)nc21. The first-order valence-electron chi connectivity index (χ1n) is 10.2. The molecule has 9 heteroatoms. The minimum atomic E-state index is -4.59. The van der Waals surface area contributed by atoms with Gasteiger partial charge in [0.2, 0.25) is 5.82 Å². The van der Waals surface area contributed by atoms with Crippen LogP contribution in [0.3, 0.4) is 0 Å². The number of nitrogens with zero attached hydrogens (tertiary/aromatic N) is 3. The van der Waals surface area contributed by atoms with Crippen LogP contribution in [0.5, 0.6) is 11.5 Å². The van der Waals surface area contributed by atoms with Crippen molar-refractivity contribution in [1.82, 2.24) is 9.97 Å². The molecule has 5 nitrogen and oxygen atoms in total. The van der Waals surface area contributed by atoms with Crippen LogP contribution in [0.2, 0.25) is 5.02 Å². The number of alkyl halides is 3. The van der Waals surface area contributed by atoms with Gasteiger partial charge < -0.3 is 15.0 Å². The number of hydrogen-bond donors (Lipinski definition) is 1. The first-order valence-corrected chi connectivity index (χ1v) is 10.6. The Labute approximate surface area is 189 Å². The first kappa shape index (κ1) is 22.2. The molecule has 0 radical (unpaired) electrons. The molecule has 0 fully saturated rings. The Kier molecular flexibility index (Phi) is 6.15. The molecule has 1 unspecified atom stereocenters. The highest BCUT2D eigenvalue weighted by atomic mass is 35.5. The molecule has 1 N–H and O–H groups in total. The lowest BCUT2D eigenvalue weighted by Crippen LogP contribution is -2.39. The molecule has 2 heterocycles. The number of hydrogen-bond acceptors (Lipinski definition) is 5. The van der Waals surface area contributed by atoms with Crippen molar-refractivity contribution < 1.29 is 17.9 Å². The summed E-state index contributed by atoms with van der Waals surface area (Å²) < 4.78 is 45.3. The number of anilines is 2. The van der Waals surface area contributed by atoms with Crippen molar-refractivity contribution in [2.45, 2.75) is 38.5 Å². The topological polar surface area (TPSA) is 50.3 Å². The van der Waals surface area contributed by atoms with Crippen molar-refractivity contribution in [2.24, 2.45) is 0 Å². The normalized spacial score (nSPS) is 16.1. The first-order chi connectivity index (χ1) is 15.2. The molecule has 0 bridgehead atoms. The molecule has 1 aliphatic rings. The Balaban J connectivity index is 1.53. The minimum Gasteiger partial charge on any atom is -0.457 e. The summed E-state index contributed by atoms with van der Waals surface area (Å²) in [7, 11) is 0. The zero-order chi connectivity index (χ0) is 22.9. The highest BCUT2D eigenvalue weighted by molar-refractivity contribution is 6.30. The third-order valence-electron chi connectivity index (χ3n) is 5.22. The fraction of sp³-hybridized carbons (Fsp3) is 0.304. The van der Waals surface area contributed by atoms with E-state index in [4.69, 9.17) is 16.3 Å². The van der Waals surface area contributed by atoms with Crippen LogP contribution in [0, 0.1) is 0 Å². The highest BCUT2D eigenvalue weighted by Crippen LogP contribution is 2.37. The van der Waals surface area contributed by atoms with Gasteiger partial charge >= 0.3 is 6.18 Å². The highest BCUT2D eigenvalue weighted by Gasteiger charge is 2.37. The molecule has 168 valence electrons. The molecule has 1 aliphatic heterocycles. The summed E-state index contributed by atoms with van der Waals surface area (Å²) in [5.74, 6) is 0.536. The molecule has 0 aliphatic carbocycles. The Morgan fingerprint density at radius 1 is 1.06 bits per heavy atom. The summed E-state index contributed by atoms with van der Waals surface area (Å²) in [6.07, 6.45) is -2.59. The third kappa shape index (κ3) is 4.91. The molecule has 0 spiro atoms. The lowest BCUT2D eigenvalue weighted by atomic mass is 9.99. The van der Waals surface area contributed by atoms with Crippen molar-refractivity contribution in [1.29, 1.82) is 0 Å². The van der Waals surface area contributed by atoms with Gasteiger partial charge in [-0.2, -0.15) is 13.2 Å². The van der Waals surface area contributed by atoms with Crippen LogP contribution in [0.25, 0.3) is 0 Å². The maximum absolute atomic E-state index is 13.2. The molecule has 32 heavy (non-hydrogen) atoms. The van der Waals surface area contributed by atoms with E-state index >= 15 is 0 Å². The van der Waals surface area contributed by atoms with Gasteiger partial charge in [-0.05, 0) is 68.8 Å². The van der Waals surface area contributed by atoms with Crippen LogP contribution < -0.4 is 15.0 Å². The average molecular weight is 463 g/mol. The average Bonchev–Trinajstić information content (AvgIpc) is 2.75. The number of fused-ring (bicyclic) bond motifs is 1. The molecule has 4 rings (SSSR count). The number of ether oxygens (including phenoxy) is 1. The monoisotopic (exact) mass is 462 g/mol. The van der Waals surface area contributed by atoms with Crippen LogP contribution in [-0.4, -0.2) is 22.6 Å². The van der Waals surface area contributed by atoms with Gasteiger partial charge in [0, 0.05) is 35.1 Å². The van der Waals surface area contributed by atoms with Crippen LogP contribution in [0.4, 0.5) is 24.7 Å². The smallest absolute Gasteiger partial charge is 0.451 e. The number of nitrogens with one attached hydrogen (secondary N) is 1. The predicted octanol–water partition coefficient (Wildman–Crippen LogP) is 6.71. The zero-order valence-electron chi connectivity index (χ0n) is 17.5. The van der Waals surface area contributed by atoms with E-state index in [2.05, 4.69) is 15.3 Å². The number of halogens is 4. The molecule has 0 amide bonds. The van der Waals surface area contributed by atoms with Gasteiger partial charge in [0.05, 0.1) is 6.04 Å². The Hall–Kier alpha value is -3.00. The lowest BCUT2D eigenvalue weighted by Gasteiger charge is -2.37. The molecular formula is C23H22ClF3N4O. The summed E-state index contributed by atoms with van der Waals surface area (Å²) in [5, 5.41) is 4.02. The van der Waals surface area contributed by atoms with Crippen LogP contribution in [0.15, 0.2) is 54.7 Å². The van der Waals surface area contributed by atoms with Crippen LogP contribution in [0.1, 0.15) is 37.7 Å². The standard InChI is InChI=1S/C23H22ClF3N4O/c1-14(2)31-12-11-20(19-13-28-22(23(25,26)27)30-21(19)31)29-16-5-9-18(10-6-16)32-17-7-3-15(24)4-8-17/h3-10,13-14,20,29H,11-12H2,1-2H3. The Morgan fingerprint density at radius 2 is 1.69 bits per heavy atom. The summed E-state index contributed by atoms with van der Waals surface area (Å²) in [6.45, 7) is 4.47. The van der Waals surface area contributed by atoms with Gasteiger partial charge in [-0.1, -0.05) is 11.6 Å². The van der Waals surface area contributed by atoms with Gasteiger partial charge in [-0.25, -0.2) is 9.97 Å². The molecular weight excluding hydrogens is 441 g/mol. The second kappa shape index (κ2) is 8.86. The van der Waals surface area contributed by atoms with Gasteiger partial charge in [-0.15, -0.1) is 0 Å². The van der Waals surface area contributed by atoms with Gasteiger partial charge in [0.1, 0.15) is 17.3 Å². The van der Waals surface area contributed by atoms with E-state index in [0.29, 0.717) is 40.9 Å². The van der Waals surface area contributed by atoms with Crippen molar-refractivity contribution in [3.63, 3.8) is 0 Å². The van der Waals surface area contributed by atoms with Gasteiger partial charge in [-0.3, -0.25) is 0 Å². The lowest BCUT2D eigenvalue weighted by molar-refractivity contribution is -0.144. The predicted molar refractivity (Wildman–Crippen MR) is 118 cm³/mol. The maximum Gasteiger partial charge on any atom is 0.451 e. The van der Waals surface area contributed by atoms with E-state index < -0.39 is 12.0 Å². The van der Waals surface area contributed by atoms with E-state index in [1.54, 1.807) is 24.3 Å². The number of rotatable bonds is 5. The molecule has 1 aromatic heterocycles. The summed E-state index contributed by atoms with van der Waals surface area (Å²) >= 11 is 5.89. The quantitative estimate of drug-likeness (QED) is 0.456. The minimum absolute atomic E-state index is 0.0231. The van der Waals surface area contributed by atoms with Crippen molar-refractivity contribution in [3.05, 3.63) is 71.1 Å². The van der Waals surface area contributed by atoms with Crippen LogP contribution >= 0.6 is 11.6 Å². The van der Waals surface area contributed by atoms with Gasteiger partial charge in [0.25, 0.3) is 0 Å². The summed E-state index contributed by atoms with van der Waals surface area (Å²) in [4.78, 5) is 9.33. The maximum atomic E-state index is 13.2. The summed E-state index contributed by atoms with van der Waals surface area (Å²) in [6, 6.07) is 14.3. The van der Waals surface area contributed by atoms with Crippen molar-refractivity contribution in [3.8, 4) is 11.5 Å². The van der Waals surface area contributed by atoms with E-state index in [-0.39, 0.29) is 12.1 Å². The Bertz CT molecular complexity index is 1070. The largest absolute Gasteiger partial charge is 0.457 e. The molecule has 0 saturated heterocycles. The summed E-state index contributed by atoms with van der Waals surface area (Å²) in [5.41, 5.74) is 1.47. The van der Waals surface area contributed by atoms with E-state index in [1.165, 1.54) is 6.20 Å². The molecule has 2 aromatic carbocycles. The van der Waals surface area contributed by atoms with E-state index in [9.17, 15) is 13.2 Å². The molecule has 3 aromatic rings. The number of aromatic nitrogens is 2. The van der Waals surface area contributed by atoms with Crippen molar-refractivity contribution in [2.75, 3.05) is 16.8 Å². The second-order valence-corrected chi connectivity index (χ2v) is 8.26. The fourth-order valence-corrected chi connectivity index (χ4v) is 3.76. The third-order valence-corrected chi connectivity index (χ3v) is 5.48. The Morgan fingerprint density at radius 3 is 2.28 bits per heavy atom.